The first kappa shape index (κ1) is 14.3. The number of hydrogen-bond donors (Lipinski definition) is 0. The highest BCUT2D eigenvalue weighted by molar-refractivity contribution is 9.10. The van der Waals surface area contributed by atoms with Gasteiger partial charge in [0.1, 0.15) is 11.5 Å². The van der Waals surface area contributed by atoms with Crippen molar-refractivity contribution in [2.45, 2.75) is 0 Å². The monoisotopic (exact) mass is 366 g/mol. The van der Waals surface area contributed by atoms with E-state index < -0.39 is 0 Å². The highest BCUT2D eigenvalue weighted by Crippen LogP contribution is 2.48. The largest absolute Gasteiger partial charge is 0.496 e. The first-order valence-electron chi connectivity index (χ1n) is 7.38. The van der Waals surface area contributed by atoms with Crippen molar-refractivity contribution in [1.82, 2.24) is 0 Å². The maximum Gasteiger partial charge on any atom is 0.126 e. The van der Waals surface area contributed by atoms with Crippen molar-refractivity contribution in [1.29, 1.82) is 0 Å². The van der Waals surface area contributed by atoms with Gasteiger partial charge >= 0.3 is 0 Å². The van der Waals surface area contributed by atoms with E-state index in [1.54, 1.807) is 14.2 Å². The lowest BCUT2D eigenvalue weighted by molar-refractivity contribution is 0.410. The van der Waals surface area contributed by atoms with Gasteiger partial charge in [0.15, 0.2) is 0 Å². The number of hydrogen-bond acceptors (Lipinski definition) is 2. The van der Waals surface area contributed by atoms with Gasteiger partial charge in [0, 0.05) is 15.2 Å². The smallest absolute Gasteiger partial charge is 0.126 e. The molecule has 0 saturated carbocycles. The maximum atomic E-state index is 5.49. The minimum absolute atomic E-state index is 0.874. The number of halogens is 1. The van der Waals surface area contributed by atoms with E-state index >= 15 is 0 Å². The van der Waals surface area contributed by atoms with Crippen LogP contribution in [0.25, 0.3) is 22.4 Å². The fraction of sp³-hybridized carbons (Fsp3) is 0.100. The molecule has 0 unspecified atom stereocenters. The molecule has 0 atom stereocenters. The van der Waals surface area contributed by atoms with E-state index in [4.69, 9.17) is 9.47 Å². The molecule has 3 aromatic carbocycles. The van der Waals surface area contributed by atoms with Crippen LogP contribution >= 0.6 is 15.9 Å². The Kier molecular flexibility index (Phi) is 3.38. The molecule has 1 aliphatic carbocycles. The SMILES string of the molecule is COc1ccc(OC)c2cc3c(cc12)C3=Cc1ccc(Br)cc1. The summed E-state index contributed by atoms with van der Waals surface area (Å²) in [6, 6.07) is 16.6. The lowest BCUT2D eigenvalue weighted by Gasteiger charge is -2.08. The Balaban J connectivity index is 1.83. The molecule has 3 heteroatoms. The van der Waals surface area contributed by atoms with E-state index in [0.29, 0.717) is 0 Å². The number of fused-ring (bicyclic) bond motifs is 2. The molecular weight excluding hydrogens is 352 g/mol. The molecule has 0 aliphatic heterocycles. The van der Waals surface area contributed by atoms with Crippen LogP contribution in [-0.4, -0.2) is 14.2 Å². The summed E-state index contributed by atoms with van der Waals surface area (Å²) in [5.41, 5.74) is 5.05. The lowest BCUT2D eigenvalue weighted by Crippen LogP contribution is -1.88. The fourth-order valence-corrected chi connectivity index (χ4v) is 3.23. The first-order valence-corrected chi connectivity index (χ1v) is 8.17. The van der Waals surface area contributed by atoms with E-state index in [1.807, 2.05) is 12.1 Å². The molecule has 0 fully saturated rings. The van der Waals surface area contributed by atoms with Crippen LogP contribution in [-0.2, 0) is 0 Å². The molecule has 0 saturated heterocycles. The van der Waals surface area contributed by atoms with Gasteiger partial charge in [-0.15, -0.1) is 0 Å². The van der Waals surface area contributed by atoms with E-state index in [-0.39, 0.29) is 0 Å². The maximum absolute atomic E-state index is 5.49. The van der Waals surface area contributed by atoms with Crippen molar-refractivity contribution >= 4 is 38.4 Å². The predicted molar refractivity (Wildman–Crippen MR) is 98.2 cm³/mol. The molecule has 0 bridgehead atoms. The molecule has 4 rings (SSSR count). The van der Waals surface area contributed by atoms with Crippen LogP contribution in [0, 0.1) is 0 Å². The average Bonchev–Trinajstić information content (AvgIpc) is 3.25. The third-order valence-corrected chi connectivity index (χ3v) is 4.74. The summed E-state index contributed by atoms with van der Waals surface area (Å²) in [5.74, 6) is 1.75. The summed E-state index contributed by atoms with van der Waals surface area (Å²) < 4.78 is 12.1. The molecule has 0 amide bonds. The topological polar surface area (TPSA) is 18.5 Å². The van der Waals surface area contributed by atoms with Gasteiger partial charge < -0.3 is 9.47 Å². The first-order chi connectivity index (χ1) is 11.2. The van der Waals surface area contributed by atoms with Gasteiger partial charge in [-0.1, -0.05) is 28.1 Å². The molecule has 0 spiro atoms. The molecule has 0 N–H and O–H groups in total. The molecule has 114 valence electrons. The summed E-state index contributed by atoms with van der Waals surface area (Å²) in [7, 11) is 3.40. The van der Waals surface area contributed by atoms with E-state index in [0.717, 1.165) is 26.7 Å². The Labute approximate surface area is 143 Å². The van der Waals surface area contributed by atoms with Gasteiger partial charge in [-0.2, -0.15) is 0 Å². The lowest BCUT2D eigenvalue weighted by atomic mass is 10.1. The van der Waals surface area contributed by atoms with E-state index in [1.165, 1.54) is 22.3 Å². The zero-order chi connectivity index (χ0) is 16.0. The van der Waals surface area contributed by atoms with Gasteiger partial charge in [-0.25, -0.2) is 0 Å². The molecule has 0 radical (unpaired) electrons. The predicted octanol–water partition coefficient (Wildman–Crippen LogP) is 5.52. The molecule has 23 heavy (non-hydrogen) atoms. The Hall–Kier alpha value is -2.26. The minimum atomic E-state index is 0.874. The van der Waals surface area contributed by atoms with Crippen LogP contribution in [0.15, 0.2) is 53.0 Å². The fourth-order valence-electron chi connectivity index (χ4n) is 2.96. The van der Waals surface area contributed by atoms with Gasteiger partial charge in [-0.3, -0.25) is 0 Å². The second-order valence-electron chi connectivity index (χ2n) is 5.52. The summed E-state index contributed by atoms with van der Waals surface area (Å²) in [6.07, 6.45) is 2.22. The van der Waals surface area contributed by atoms with Crippen molar-refractivity contribution in [2.24, 2.45) is 0 Å². The summed E-state index contributed by atoms with van der Waals surface area (Å²) in [5, 5.41) is 2.18. The second-order valence-corrected chi connectivity index (χ2v) is 6.44. The zero-order valence-electron chi connectivity index (χ0n) is 12.9. The van der Waals surface area contributed by atoms with Crippen molar-refractivity contribution in [3.8, 4) is 11.5 Å². The molecule has 2 nitrogen and oxygen atoms in total. The number of rotatable bonds is 3. The van der Waals surface area contributed by atoms with Crippen LogP contribution in [0.3, 0.4) is 0 Å². The van der Waals surface area contributed by atoms with Gasteiger partial charge in [-0.05, 0) is 64.7 Å². The second kappa shape index (κ2) is 5.43. The Morgan fingerprint density at radius 3 is 1.78 bits per heavy atom. The normalized spacial score (nSPS) is 12.0. The zero-order valence-corrected chi connectivity index (χ0v) is 14.5. The third kappa shape index (κ3) is 2.41. The van der Waals surface area contributed by atoms with Crippen LogP contribution < -0.4 is 9.47 Å². The van der Waals surface area contributed by atoms with Crippen molar-refractivity contribution < 1.29 is 9.47 Å². The summed E-state index contributed by atoms with van der Waals surface area (Å²) in [4.78, 5) is 0. The third-order valence-electron chi connectivity index (χ3n) is 4.21. The Morgan fingerprint density at radius 1 is 0.783 bits per heavy atom. The van der Waals surface area contributed by atoms with Gasteiger partial charge in [0.05, 0.1) is 14.2 Å². The van der Waals surface area contributed by atoms with Crippen LogP contribution in [0.4, 0.5) is 0 Å². The Morgan fingerprint density at radius 2 is 1.30 bits per heavy atom. The van der Waals surface area contributed by atoms with Gasteiger partial charge in [0.25, 0.3) is 0 Å². The van der Waals surface area contributed by atoms with E-state index in [9.17, 15) is 0 Å². The molecular formula is C20H15BrO2. The molecule has 0 aromatic heterocycles. The Bertz CT molecular complexity index is 888. The van der Waals surface area contributed by atoms with Crippen LogP contribution in [0.5, 0.6) is 11.5 Å². The molecule has 3 aromatic rings. The number of benzene rings is 3. The quantitative estimate of drug-likeness (QED) is 0.475. The standard InChI is InChI=1S/C20H15BrO2/c1-22-19-7-8-20(23-2)18-11-16-14(15(16)10-17(18)19)9-12-3-5-13(21)6-4-12/h3-11H,1-2H3. The molecule has 0 heterocycles. The number of ether oxygens (including phenoxy) is 2. The van der Waals surface area contributed by atoms with Crippen LogP contribution in [0.2, 0.25) is 0 Å². The van der Waals surface area contributed by atoms with E-state index in [2.05, 4.69) is 58.4 Å². The summed E-state index contributed by atoms with van der Waals surface area (Å²) >= 11 is 3.47. The number of methoxy groups -OCH3 is 2. The van der Waals surface area contributed by atoms with Crippen LogP contribution in [0.1, 0.15) is 16.7 Å². The minimum Gasteiger partial charge on any atom is -0.496 e. The highest BCUT2D eigenvalue weighted by atomic mass is 79.9. The average molecular weight is 367 g/mol. The van der Waals surface area contributed by atoms with Crippen molar-refractivity contribution in [3.05, 3.63) is 69.7 Å². The summed E-state index contributed by atoms with van der Waals surface area (Å²) in [6.45, 7) is 0. The van der Waals surface area contributed by atoms with Gasteiger partial charge in [0.2, 0.25) is 0 Å². The van der Waals surface area contributed by atoms with Crippen molar-refractivity contribution in [3.63, 3.8) is 0 Å². The molecule has 1 aliphatic rings. The van der Waals surface area contributed by atoms with Crippen molar-refractivity contribution in [2.75, 3.05) is 14.2 Å². The highest BCUT2D eigenvalue weighted by Gasteiger charge is 2.27.